The molecule has 1 aliphatic heterocycles. The molecule has 1 aromatic heterocycles. The van der Waals surface area contributed by atoms with Gasteiger partial charge in [0.15, 0.2) is 0 Å². The van der Waals surface area contributed by atoms with Crippen LogP contribution in [0.25, 0.3) is 11.1 Å². The van der Waals surface area contributed by atoms with Crippen LogP contribution < -0.4 is 10.1 Å². The molecule has 0 saturated carbocycles. The summed E-state index contributed by atoms with van der Waals surface area (Å²) in [6.07, 6.45) is 2.23. The molecule has 0 spiro atoms. The van der Waals surface area contributed by atoms with Crippen LogP contribution in [0.5, 0.6) is 5.75 Å². The van der Waals surface area contributed by atoms with Crippen molar-refractivity contribution in [3.8, 4) is 16.9 Å². The fourth-order valence-corrected chi connectivity index (χ4v) is 5.16. The number of benzene rings is 1. The van der Waals surface area contributed by atoms with Gasteiger partial charge in [0.1, 0.15) is 10.6 Å². The van der Waals surface area contributed by atoms with Crippen molar-refractivity contribution in [2.75, 3.05) is 25.5 Å². The first kappa shape index (κ1) is 21.3. The number of sulfonamides is 1. The lowest BCUT2D eigenvalue weighted by Gasteiger charge is -2.30. The van der Waals surface area contributed by atoms with Crippen LogP contribution in [0, 0.1) is 5.92 Å². The van der Waals surface area contributed by atoms with Gasteiger partial charge < -0.3 is 9.26 Å². The minimum Gasteiger partial charge on any atom is -0.495 e. The number of hydrogen-bond donors (Lipinski definition) is 1. The van der Waals surface area contributed by atoms with E-state index in [-0.39, 0.29) is 22.4 Å². The third-order valence-corrected chi connectivity index (χ3v) is 7.12. The third kappa shape index (κ3) is 4.30. The summed E-state index contributed by atoms with van der Waals surface area (Å²) in [6.45, 7) is 6.39. The topological polar surface area (TPSA) is 102 Å². The number of piperidine rings is 1. The van der Waals surface area contributed by atoms with Crippen LogP contribution in [0.2, 0.25) is 0 Å². The Morgan fingerprint density at radius 1 is 1.34 bits per heavy atom. The Kier molecular flexibility index (Phi) is 6.28. The summed E-state index contributed by atoms with van der Waals surface area (Å²) in [5.74, 6) is 0.700. The van der Waals surface area contributed by atoms with Crippen molar-refractivity contribution >= 4 is 21.8 Å². The van der Waals surface area contributed by atoms with Crippen molar-refractivity contribution < 1.29 is 22.5 Å². The van der Waals surface area contributed by atoms with Gasteiger partial charge in [-0.15, -0.1) is 0 Å². The van der Waals surface area contributed by atoms with E-state index in [1.54, 1.807) is 18.2 Å². The first-order chi connectivity index (χ1) is 13.8. The molecular formula is C20H27N3O5S. The Morgan fingerprint density at radius 2 is 2.03 bits per heavy atom. The van der Waals surface area contributed by atoms with Crippen LogP contribution in [0.3, 0.4) is 0 Å². The van der Waals surface area contributed by atoms with Gasteiger partial charge in [0.05, 0.1) is 18.4 Å². The third-order valence-electron chi connectivity index (χ3n) is 5.20. The summed E-state index contributed by atoms with van der Waals surface area (Å²) < 4.78 is 38.9. The molecule has 0 radical (unpaired) electrons. The van der Waals surface area contributed by atoms with Crippen molar-refractivity contribution in [2.45, 2.75) is 44.9 Å². The van der Waals surface area contributed by atoms with E-state index >= 15 is 0 Å². The number of carbonyl (C=O) groups is 1. The number of anilines is 1. The molecular weight excluding hydrogens is 394 g/mol. The Labute approximate surface area is 171 Å². The van der Waals surface area contributed by atoms with E-state index in [0.29, 0.717) is 42.2 Å². The smallest absolute Gasteiger partial charge is 0.246 e. The normalized spacial score (nSPS) is 16.0. The Balaban J connectivity index is 2.09. The van der Waals surface area contributed by atoms with Gasteiger partial charge in [-0.1, -0.05) is 25.1 Å². The molecule has 8 nitrogen and oxygen atoms in total. The second-order valence-corrected chi connectivity index (χ2v) is 9.23. The Hall–Kier alpha value is -2.39. The standard InChI is InChI=1S/C20H27N3O5S/c1-5-16-19(20(28-22-16)21-14(3)24)15-6-7-17(27-4)18(12-15)29(25,26)23-10-8-13(2)9-11-23/h6-7,12-13H,5,8-11H2,1-4H3,(H,21,24). The monoisotopic (exact) mass is 421 g/mol. The number of carbonyl (C=O) groups excluding carboxylic acids is 1. The average Bonchev–Trinajstić information content (AvgIpc) is 3.09. The lowest BCUT2D eigenvalue weighted by molar-refractivity contribution is -0.114. The van der Waals surface area contributed by atoms with Gasteiger partial charge in [-0.2, -0.15) is 4.31 Å². The highest BCUT2D eigenvalue weighted by Crippen LogP contribution is 2.37. The van der Waals surface area contributed by atoms with Crippen molar-refractivity contribution in [2.24, 2.45) is 5.92 Å². The highest BCUT2D eigenvalue weighted by Gasteiger charge is 2.31. The highest BCUT2D eigenvalue weighted by atomic mass is 32.2. The first-order valence-electron chi connectivity index (χ1n) is 9.72. The predicted molar refractivity (Wildman–Crippen MR) is 109 cm³/mol. The molecule has 0 bridgehead atoms. The zero-order valence-electron chi connectivity index (χ0n) is 17.2. The van der Waals surface area contributed by atoms with E-state index in [2.05, 4.69) is 17.4 Å². The van der Waals surface area contributed by atoms with E-state index in [0.717, 1.165) is 12.8 Å². The van der Waals surface area contributed by atoms with Crippen LogP contribution in [-0.4, -0.2) is 44.0 Å². The number of hydrogen-bond acceptors (Lipinski definition) is 6. The zero-order valence-corrected chi connectivity index (χ0v) is 18.0. The molecule has 2 aromatic rings. The van der Waals surface area contributed by atoms with Crippen LogP contribution in [-0.2, 0) is 21.2 Å². The number of methoxy groups -OCH3 is 1. The second kappa shape index (κ2) is 8.54. The number of amides is 1. The second-order valence-electron chi connectivity index (χ2n) is 7.32. The van der Waals surface area contributed by atoms with Crippen molar-refractivity contribution in [1.29, 1.82) is 0 Å². The van der Waals surface area contributed by atoms with E-state index in [4.69, 9.17) is 9.26 Å². The van der Waals surface area contributed by atoms with Crippen LogP contribution in [0.4, 0.5) is 5.88 Å². The summed E-state index contributed by atoms with van der Waals surface area (Å²) in [7, 11) is -2.28. The van der Waals surface area contributed by atoms with Gasteiger partial charge in [0, 0.05) is 20.0 Å². The molecule has 1 aliphatic rings. The molecule has 1 amide bonds. The fourth-order valence-electron chi connectivity index (χ4n) is 3.51. The zero-order chi connectivity index (χ0) is 21.2. The maximum absolute atomic E-state index is 13.3. The van der Waals surface area contributed by atoms with E-state index < -0.39 is 10.0 Å². The summed E-state index contributed by atoms with van der Waals surface area (Å²) in [5.41, 5.74) is 1.81. The van der Waals surface area contributed by atoms with Crippen LogP contribution in [0.15, 0.2) is 27.6 Å². The van der Waals surface area contributed by atoms with Crippen molar-refractivity contribution in [3.05, 3.63) is 23.9 Å². The maximum atomic E-state index is 13.3. The van der Waals surface area contributed by atoms with Crippen molar-refractivity contribution in [1.82, 2.24) is 9.46 Å². The van der Waals surface area contributed by atoms with Crippen molar-refractivity contribution in [3.63, 3.8) is 0 Å². The summed E-state index contributed by atoms with van der Waals surface area (Å²) in [4.78, 5) is 11.6. The molecule has 29 heavy (non-hydrogen) atoms. The minimum absolute atomic E-state index is 0.101. The number of rotatable bonds is 6. The summed E-state index contributed by atoms with van der Waals surface area (Å²) in [5, 5.41) is 6.64. The lowest BCUT2D eigenvalue weighted by atomic mass is 10.0. The fraction of sp³-hybridized carbons (Fsp3) is 0.500. The molecule has 9 heteroatoms. The van der Waals surface area contributed by atoms with E-state index in [9.17, 15) is 13.2 Å². The Bertz CT molecular complexity index is 992. The number of nitrogens with one attached hydrogen (secondary N) is 1. The van der Waals surface area contributed by atoms with Gasteiger partial charge in [-0.25, -0.2) is 8.42 Å². The maximum Gasteiger partial charge on any atom is 0.246 e. The molecule has 158 valence electrons. The first-order valence-corrected chi connectivity index (χ1v) is 11.2. The highest BCUT2D eigenvalue weighted by molar-refractivity contribution is 7.89. The molecule has 0 atom stereocenters. The van der Waals surface area contributed by atoms with Gasteiger partial charge in [-0.05, 0) is 42.9 Å². The predicted octanol–water partition coefficient (Wildman–Crippen LogP) is 3.29. The summed E-state index contributed by atoms with van der Waals surface area (Å²) >= 11 is 0. The molecule has 1 fully saturated rings. The van der Waals surface area contributed by atoms with Gasteiger partial charge >= 0.3 is 0 Å². The molecule has 1 N–H and O–H groups in total. The molecule has 1 saturated heterocycles. The van der Waals surface area contributed by atoms with Gasteiger partial charge in [0.2, 0.25) is 21.8 Å². The number of aromatic nitrogens is 1. The SMILES string of the molecule is CCc1noc(NC(C)=O)c1-c1ccc(OC)c(S(=O)(=O)N2CCC(C)CC2)c1. The number of aryl methyl sites for hydroxylation is 1. The lowest BCUT2D eigenvalue weighted by Crippen LogP contribution is -2.38. The number of ether oxygens (including phenoxy) is 1. The number of nitrogens with zero attached hydrogens (tertiary/aromatic N) is 2. The molecule has 0 unspecified atom stereocenters. The summed E-state index contributed by atoms with van der Waals surface area (Å²) in [6, 6.07) is 4.94. The molecule has 2 heterocycles. The quantitative estimate of drug-likeness (QED) is 0.768. The largest absolute Gasteiger partial charge is 0.495 e. The van der Waals surface area contributed by atoms with E-state index in [1.165, 1.54) is 18.3 Å². The van der Waals surface area contributed by atoms with Crippen LogP contribution >= 0.6 is 0 Å². The van der Waals surface area contributed by atoms with Crippen LogP contribution in [0.1, 0.15) is 39.3 Å². The van der Waals surface area contributed by atoms with Gasteiger partial charge in [-0.3, -0.25) is 10.1 Å². The average molecular weight is 422 g/mol. The molecule has 1 aromatic carbocycles. The minimum atomic E-state index is -3.73. The molecule has 3 rings (SSSR count). The Morgan fingerprint density at radius 3 is 2.62 bits per heavy atom. The van der Waals surface area contributed by atoms with E-state index in [1.807, 2.05) is 6.92 Å². The molecule has 0 aliphatic carbocycles. The van der Waals surface area contributed by atoms with Gasteiger partial charge in [0.25, 0.3) is 0 Å².